The topological polar surface area (TPSA) is 109 Å². The molecule has 0 aliphatic heterocycles. The van der Waals surface area contributed by atoms with Gasteiger partial charge in [-0.05, 0) is 87.9 Å². The lowest BCUT2D eigenvalue weighted by Gasteiger charge is -2.14. The average Bonchev–Trinajstić information content (AvgIpc) is 3.30. The predicted octanol–water partition coefficient (Wildman–Crippen LogP) is 7.72. The van der Waals surface area contributed by atoms with E-state index in [-0.39, 0.29) is 29.0 Å². The van der Waals surface area contributed by atoms with Gasteiger partial charge < -0.3 is 26.0 Å². The van der Waals surface area contributed by atoms with Gasteiger partial charge in [-0.1, -0.05) is 42.0 Å². The van der Waals surface area contributed by atoms with Gasteiger partial charge in [-0.15, -0.1) is 23.1 Å². The van der Waals surface area contributed by atoms with Crippen LogP contribution >= 0.6 is 35.3 Å². The lowest BCUT2D eigenvalue weighted by Crippen LogP contribution is -2.23. The Kier molecular flexibility index (Phi) is 10.9. The standard InChI is InChI=1S/C32H32N4O4S3/c1-5-40-31(39)26-20(3)27(29(38)33-22-10-7-6-8-11-22)43-30(26)36-28(37)21(4)42-25-13-9-12-24(18-25)35-32(41)34-23-16-14-19(2)15-17-23/h6-18,21H,5H2,1-4H3,(H,33,38)(H,36,37)(H2,34,35,41). The Bertz CT molecular complexity index is 1620. The van der Waals surface area contributed by atoms with E-state index in [9.17, 15) is 14.4 Å². The molecule has 0 saturated carbocycles. The number of ether oxygens (including phenoxy) is 1. The number of carbonyl (C=O) groups is 3. The number of rotatable bonds is 10. The maximum Gasteiger partial charge on any atom is 0.341 e. The molecule has 222 valence electrons. The molecule has 4 rings (SSSR count). The van der Waals surface area contributed by atoms with Gasteiger partial charge >= 0.3 is 5.97 Å². The van der Waals surface area contributed by atoms with Crippen LogP contribution < -0.4 is 21.3 Å². The number of aryl methyl sites for hydroxylation is 1. The van der Waals surface area contributed by atoms with E-state index >= 15 is 0 Å². The molecule has 1 atom stereocenters. The first-order valence-electron chi connectivity index (χ1n) is 13.5. The third-order valence-corrected chi connectivity index (χ3v) is 8.69. The number of anilines is 4. The summed E-state index contributed by atoms with van der Waals surface area (Å²) < 4.78 is 5.24. The van der Waals surface area contributed by atoms with Gasteiger partial charge in [0, 0.05) is 22.0 Å². The highest BCUT2D eigenvalue weighted by molar-refractivity contribution is 8.00. The third-order valence-electron chi connectivity index (χ3n) is 6.18. The van der Waals surface area contributed by atoms with Crippen LogP contribution in [-0.4, -0.2) is 34.8 Å². The highest BCUT2D eigenvalue weighted by Gasteiger charge is 2.28. The molecule has 0 radical (unpaired) electrons. The van der Waals surface area contributed by atoms with Crippen molar-refractivity contribution in [2.75, 3.05) is 27.9 Å². The quantitative estimate of drug-likeness (QED) is 0.0800. The van der Waals surface area contributed by atoms with Gasteiger partial charge in [-0.2, -0.15) is 0 Å². The Balaban J connectivity index is 1.44. The highest BCUT2D eigenvalue weighted by atomic mass is 32.2. The summed E-state index contributed by atoms with van der Waals surface area (Å²) in [5.74, 6) is -1.29. The summed E-state index contributed by atoms with van der Waals surface area (Å²) in [6, 6.07) is 24.5. The molecule has 0 bridgehead atoms. The number of hydrogen-bond donors (Lipinski definition) is 4. The summed E-state index contributed by atoms with van der Waals surface area (Å²) in [5.41, 5.74) is 4.06. The molecule has 0 fully saturated rings. The summed E-state index contributed by atoms with van der Waals surface area (Å²) in [7, 11) is 0. The third kappa shape index (κ3) is 8.66. The maximum absolute atomic E-state index is 13.3. The number of thiocarbonyl (C=S) groups is 1. The average molecular weight is 633 g/mol. The van der Waals surface area contributed by atoms with Gasteiger partial charge in [-0.3, -0.25) is 9.59 Å². The van der Waals surface area contributed by atoms with Crippen molar-refractivity contribution in [1.29, 1.82) is 0 Å². The van der Waals surface area contributed by atoms with E-state index in [1.165, 1.54) is 11.8 Å². The number of hydrogen-bond acceptors (Lipinski definition) is 7. The Morgan fingerprint density at radius 3 is 2.21 bits per heavy atom. The van der Waals surface area contributed by atoms with E-state index in [4.69, 9.17) is 17.0 Å². The zero-order valence-electron chi connectivity index (χ0n) is 24.1. The lowest BCUT2D eigenvalue weighted by molar-refractivity contribution is -0.115. The fourth-order valence-electron chi connectivity index (χ4n) is 4.03. The van der Waals surface area contributed by atoms with Crippen LogP contribution in [0.3, 0.4) is 0 Å². The predicted molar refractivity (Wildman–Crippen MR) is 181 cm³/mol. The molecule has 43 heavy (non-hydrogen) atoms. The van der Waals surface area contributed by atoms with Crippen LogP contribution in [-0.2, 0) is 9.53 Å². The molecule has 0 saturated heterocycles. The van der Waals surface area contributed by atoms with Crippen LogP contribution in [0.5, 0.6) is 0 Å². The molecule has 0 aliphatic rings. The number of esters is 1. The van der Waals surface area contributed by atoms with Crippen molar-refractivity contribution in [1.82, 2.24) is 0 Å². The first-order valence-corrected chi connectivity index (χ1v) is 15.6. The van der Waals surface area contributed by atoms with E-state index in [0.29, 0.717) is 21.2 Å². The van der Waals surface area contributed by atoms with Crippen LogP contribution in [0.2, 0.25) is 0 Å². The largest absolute Gasteiger partial charge is 0.462 e. The Morgan fingerprint density at radius 2 is 1.51 bits per heavy atom. The normalized spacial score (nSPS) is 11.3. The molecule has 0 aliphatic carbocycles. The zero-order valence-corrected chi connectivity index (χ0v) is 26.6. The first kappa shape index (κ1) is 31.7. The monoisotopic (exact) mass is 632 g/mol. The van der Waals surface area contributed by atoms with Crippen LogP contribution in [0.15, 0.2) is 83.8 Å². The molecule has 1 unspecified atom stereocenters. The van der Waals surface area contributed by atoms with Crippen LogP contribution in [0.1, 0.15) is 45.0 Å². The zero-order chi connectivity index (χ0) is 30.9. The van der Waals surface area contributed by atoms with E-state index in [0.717, 1.165) is 33.2 Å². The molecule has 1 heterocycles. The minimum atomic E-state index is -0.598. The van der Waals surface area contributed by atoms with Gasteiger partial charge in [0.1, 0.15) is 5.00 Å². The number of para-hydroxylation sites is 1. The number of amides is 2. The highest BCUT2D eigenvalue weighted by Crippen LogP contribution is 2.35. The van der Waals surface area contributed by atoms with E-state index in [1.807, 2.05) is 73.7 Å². The van der Waals surface area contributed by atoms with Crippen molar-refractivity contribution < 1.29 is 19.1 Å². The molecular weight excluding hydrogens is 601 g/mol. The molecule has 4 aromatic rings. The fourth-order valence-corrected chi connectivity index (χ4v) is 6.28. The molecule has 0 spiro atoms. The van der Waals surface area contributed by atoms with Gasteiger partial charge in [0.05, 0.1) is 22.3 Å². The Labute approximate surface area is 264 Å². The van der Waals surface area contributed by atoms with Crippen molar-refractivity contribution in [3.8, 4) is 0 Å². The lowest BCUT2D eigenvalue weighted by atomic mass is 10.1. The Hall–Kier alpha value is -4.19. The van der Waals surface area contributed by atoms with E-state index in [1.54, 1.807) is 32.9 Å². The molecule has 8 nitrogen and oxygen atoms in total. The van der Waals surface area contributed by atoms with Crippen molar-refractivity contribution in [3.63, 3.8) is 0 Å². The van der Waals surface area contributed by atoms with Crippen LogP contribution in [0.25, 0.3) is 0 Å². The summed E-state index contributed by atoms with van der Waals surface area (Å²) in [6.07, 6.45) is 0. The summed E-state index contributed by atoms with van der Waals surface area (Å²) in [6.45, 7) is 7.33. The van der Waals surface area contributed by atoms with Crippen molar-refractivity contribution in [3.05, 3.63) is 100 Å². The molecule has 4 N–H and O–H groups in total. The summed E-state index contributed by atoms with van der Waals surface area (Å²) in [4.78, 5) is 40.4. The van der Waals surface area contributed by atoms with E-state index in [2.05, 4.69) is 21.3 Å². The molecule has 1 aromatic heterocycles. The van der Waals surface area contributed by atoms with Gasteiger partial charge in [0.15, 0.2) is 5.11 Å². The van der Waals surface area contributed by atoms with Crippen molar-refractivity contribution in [2.24, 2.45) is 0 Å². The smallest absolute Gasteiger partial charge is 0.341 e. The molecule has 3 aromatic carbocycles. The van der Waals surface area contributed by atoms with Gasteiger partial charge in [0.2, 0.25) is 5.91 Å². The number of nitrogens with one attached hydrogen (secondary N) is 4. The number of benzene rings is 3. The second-order valence-corrected chi connectivity index (χ2v) is 12.4. The van der Waals surface area contributed by atoms with Crippen LogP contribution in [0, 0.1) is 13.8 Å². The van der Waals surface area contributed by atoms with Crippen LogP contribution in [0.4, 0.5) is 22.1 Å². The second kappa shape index (κ2) is 14.8. The number of carbonyl (C=O) groups excluding carboxylic acids is 3. The maximum atomic E-state index is 13.3. The van der Waals surface area contributed by atoms with Gasteiger partial charge in [-0.25, -0.2) is 4.79 Å². The minimum absolute atomic E-state index is 0.160. The fraction of sp³-hybridized carbons (Fsp3) is 0.188. The molecule has 11 heteroatoms. The second-order valence-electron chi connectivity index (χ2n) is 9.52. The number of thioether (sulfide) groups is 1. The van der Waals surface area contributed by atoms with Crippen molar-refractivity contribution in [2.45, 2.75) is 37.8 Å². The molecular formula is C32H32N4O4S3. The number of thiophene rings is 1. The van der Waals surface area contributed by atoms with Crippen molar-refractivity contribution >= 4 is 80.3 Å². The molecule has 2 amide bonds. The SMILES string of the molecule is CCOC(=O)c1c(NC(=O)C(C)Sc2cccc(NC(=S)Nc3ccc(C)cc3)c2)sc(C(=O)Nc2ccccc2)c1C. The summed E-state index contributed by atoms with van der Waals surface area (Å²) in [5, 5.41) is 12.2. The first-order chi connectivity index (χ1) is 20.6. The minimum Gasteiger partial charge on any atom is -0.462 e. The Morgan fingerprint density at radius 1 is 0.860 bits per heavy atom. The van der Waals surface area contributed by atoms with Gasteiger partial charge in [0.25, 0.3) is 5.91 Å². The van der Waals surface area contributed by atoms with E-state index < -0.39 is 11.2 Å². The summed E-state index contributed by atoms with van der Waals surface area (Å²) >= 11 is 7.86.